The first-order valence-corrected chi connectivity index (χ1v) is 9.53. The van der Waals surface area contributed by atoms with Gasteiger partial charge in [0.2, 0.25) is 5.91 Å². The van der Waals surface area contributed by atoms with Gasteiger partial charge in [0, 0.05) is 23.7 Å². The van der Waals surface area contributed by atoms with Crippen LogP contribution in [0.2, 0.25) is 0 Å². The Labute approximate surface area is 160 Å². The molecule has 4 nitrogen and oxygen atoms in total. The van der Waals surface area contributed by atoms with Gasteiger partial charge in [-0.2, -0.15) is 0 Å². The van der Waals surface area contributed by atoms with Crippen LogP contribution in [0.4, 0.5) is 10.1 Å². The van der Waals surface area contributed by atoms with Gasteiger partial charge in [-0.1, -0.05) is 18.2 Å². The van der Waals surface area contributed by atoms with Crippen molar-refractivity contribution in [3.63, 3.8) is 0 Å². The highest BCUT2D eigenvalue weighted by atomic mass is 19.1. The van der Waals surface area contributed by atoms with E-state index in [1.165, 1.54) is 12.1 Å². The summed E-state index contributed by atoms with van der Waals surface area (Å²) in [7, 11) is 0. The van der Waals surface area contributed by atoms with Gasteiger partial charge >= 0.3 is 0 Å². The number of ether oxygens (including phenoxy) is 1. The maximum atomic E-state index is 13.0. The number of halogens is 1. The van der Waals surface area contributed by atoms with Gasteiger partial charge in [-0.05, 0) is 69.6 Å². The molecule has 144 valence electrons. The van der Waals surface area contributed by atoms with Crippen molar-refractivity contribution in [3.8, 4) is 5.75 Å². The van der Waals surface area contributed by atoms with Gasteiger partial charge in [0.1, 0.15) is 18.2 Å². The molecule has 2 aromatic carbocycles. The van der Waals surface area contributed by atoms with E-state index in [1.807, 2.05) is 24.3 Å². The lowest BCUT2D eigenvalue weighted by Gasteiger charge is -2.33. The first-order chi connectivity index (χ1) is 13.0. The lowest BCUT2D eigenvalue weighted by molar-refractivity contribution is -0.121. The Morgan fingerprint density at radius 3 is 2.56 bits per heavy atom. The second-order valence-electron chi connectivity index (χ2n) is 7.34. The molecule has 5 heteroatoms. The van der Waals surface area contributed by atoms with Crippen molar-refractivity contribution < 1.29 is 13.9 Å². The molecule has 1 aliphatic rings. The SMILES string of the molecule is CC(C)N1CCC(C(=O)Nc2cccc(OCc3ccc(F)cc3)c2)CC1. The number of benzene rings is 2. The molecule has 1 saturated heterocycles. The van der Waals surface area contributed by atoms with Gasteiger partial charge in [-0.3, -0.25) is 4.79 Å². The van der Waals surface area contributed by atoms with Gasteiger partial charge in [0.15, 0.2) is 0 Å². The molecule has 0 spiro atoms. The Bertz CT molecular complexity index is 753. The normalized spacial score (nSPS) is 15.7. The molecule has 3 rings (SSSR count). The fourth-order valence-corrected chi connectivity index (χ4v) is 3.33. The molecule has 0 radical (unpaired) electrons. The van der Waals surface area contributed by atoms with Crippen molar-refractivity contribution in [2.24, 2.45) is 5.92 Å². The summed E-state index contributed by atoms with van der Waals surface area (Å²) in [5.41, 5.74) is 1.63. The van der Waals surface area contributed by atoms with Crippen LogP contribution in [0.25, 0.3) is 0 Å². The molecule has 0 aromatic heterocycles. The van der Waals surface area contributed by atoms with Gasteiger partial charge < -0.3 is 15.0 Å². The van der Waals surface area contributed by atoms with Gasteiger partial charge in [-0.15, -0.1) is 0 Å². The minimum atomic E-state index is -0.261. The minimum absolute atomic E-state index is 0.0591. The van der Waals surface area contributed by atoms with Crippen molar-refractivity contribution in [1.29, 1.82) is 0 Å². The standard InChI is InChI=1S/C22H27FN2O2/c1-16(2)25-12-10-18(11-13-25)22(26)24-20-4-3-5-21(14-20)27-15-17-6-8-19(23)9-7-17/h3-9,14,16,18H,10-13,15H2,1-2H3,(H,24,26). The van der Waals surface area contributed by atoms with Crippen molar-refractivity contribution in [1.82, 2.24) is 4.90 Å². The molecule has 1 fully saturated rings. The number of nitrogens with one attached hydrogen (secondary N) is 1. The van der Waals surface area contributed by atoms with Gasteiger partial charge in [-0.25, -0.2) is 4.39 Å². The molecular weight excluding hydrogens is 343 g/mol. The van der Waals surface area contributed by atoms with E-state index in [2.05, 4.69) is 24.1 Å². The van der Waals surface area contributed by atoms with Crippen molar-refractivity contribution in [2.75, 3.05) is 18.4 Å². The second kappa shape index (κ2) is 9.00. The highest BCUT2D eigenvalue weighted by molar-refractivity contribution is 5.92. The number of piperidine rings is 1. The van der Waals surface area contributed by atoms with E-state index < -0.39 is 0 Å². The fraction of sp³-hybridized carbons (Fsp3) is 0.409. The monoisotopic (exact) mass is 370 g/mol. The van der Waals surface area contributed by atoms with Crippen LogP contribution < -0.4 is 10.1 Å². The van der Waals surface area contributed by atoms with E-state index >= 15 is 0 Å². The van der Waals surface area contributed by atoms with Crippen LogP contribution in [-0.2, 0) is 11.4 Å². The lowest BCUT2D eigenvalue weighted by atomic mass is 9.95. The number of anilines is 1. The summed E-state index contributed by atoms with van der Waals surface area (Å²) in [6, 6.07) is 14.2. The molecule has 0 saturated carbocycles. The Balaban J connectivity index is 1.52. The minimum Gasteiger partial charge on any atom is -0.489 e. The Morgan fingerprint density at radius 1 is 1.19 bits per heavy atom. The maximum absolute atomic E-state index is 13.0. The molecule has 0 aliphatic carbocycles. The van der Waals surface area contributed by atoms with Crippen LogP contribution in [0.1, 0.15) is 32.3 Å². The summed E-state index contributed by atoms with van der Waals surface area (Å²) >= 11 is 0. The largest absolute Gasteiger partial charge is 0.489 e. The summed E-state index contributed by atoms with van der Waals surface area (Å²) < 4.78 is 18.7. The Kier molecular flexibility index (Phi) is 6.45. The summed E-state index contributed by atoms with van der Waals surface area (Å²) in [5, 5.41) is 3.01. The van der Waals surface area contributed by atoms with E-state index in [9.17, 15) is 9.18 Å². The maximum Gasteiger partial charge on any atom is 0.227 e. The zero-order valence-electron chi connectivity index (χ0n) is 16.0. The highest BCUT2D eigenvalue weighted by Gasteiger charge is 2.26. The third-order valence-corrected chi connectivity index (χ3v) is 5.05. The number of rotatable bonds is 6. The highest BCUT2D eigenvalue weighted by Crippen LogP contribution is 2.23. The van der Waals surface area contributed by atoms with Crippen molar-refractivity contribution in [3.05, 3.63) is 59.9 Å². The van der Waals surface area contributed by atoms with Gasteiger partial charge in [0.05, 0.1) is 0 Å². The quantitative estimate of drug-likeness (QED) is 0.816. The molecule has 1 amide bonds. The topological polar surface area (TPSA) is 41.6 Å². The number of hydrogen-bond donors (Lipinski definition) is 1. The number of amides is 1. The summed E-state index contributed by atoms with van der Waals surface area (Å²) in [6.07, 6.45) is 1.79. The summed E-state index contributed by atoms with van der Waals surface area (Å²) in [4.78, 5) is 15.0. The second-order valence-corrected chi connectivity index (χ2v) is 7.34. The van der Waals surface area contributed by atoms with Crippen LogP contribution in [0.5, 0.6) is 5.75 Å². The molecule has 1 heterocycles. The molecule has 0 unspecified atom stereocenters. The van der Waals surface area contributed by atoms with Crippen LogP contribution in [0, 0.1) is 11.7 Å². The number of nitrogens with zero attached hydrogens (tertiary/aromatic N) is 1. The molecule has 0 bridgehead atoms. The number of hydrogen-bond acceptors (Lipinski definition) is 3. The molecule has 2 aromatic rings. The van der Waals surface area contributed by atoms with E-state index in [0.29, 0.717) is 18.4 Å². The molecule has 27 heavy (non-hydrogen) atoms. The van der Waals surface area contributed by atoms with Crippen LogP contribution >= 0.6 is 0 Å². The zero-order chi connectivity index (χ0) is 19.2. The third-order valence-electron chi connectivity index (χ3n) is 5.05. The number of carbonyl (C=O) groups is 1. The predicted octanol–water partition coefficient (Wildman–Crippen LogP) is 4.46. The van der Waals surface area contributed by atoms with Gasteiger partial charge in [0.25, 0.3) is 0 Å². The average molecular weight is 370 g/mol. The first kappa shape index (κ1) is 19.4. The van der Waals surface area contributed by atoms with Crippen molar-refractivity contribution in [2.45, 2.75) is 39.3 Å². The van der Waals surface area contributed by atoms with Crippen LogP contribution in [-0.4, -0.2) is 29.9 Å². The van der Waals surface area contributed by atoms with E-state index in [4.69, 9.17) is 4.74 Å². The molecule has 1 N–H and O–H groups in total. The third kappa shape index (κ3) is 5.54. The van der Waals surface area contributed by atoms with E-state index in [-0.39, 0.29) is 17.6 Å². The average Bonchev–Trinajstić information content (AvgIpc) is 2.68. The number of likely N-dealkylation sites (tertiary alicyclic amines) is 1. The molecular formula is C22H27FN2O2. The summed E-state index contributed by atoms with van der Waals surface area (Å²) in [5.74, 6) is 0.548. The van der Waals surface area contributed by atoms with E-state index in [0.717, 1.165) is 37.2 Å². The predicted molar refractivity (Wildman–Crippen MR) is 105 cm³/mol. The fourth-order valence-electron chi connectivity index (χ4n) is 3.33. The lowest BCUT2D eigenvalue weighted by Crippen LogP contribution is -2.41. The van der Waals surface area contributed by atoms with Crippen LogP contribution in [0.15, 0.2) is 48.5 Å². The zero-order valence-corrected chi connectivity index (χ0v) is 16.0. The first-order valence-electron chi connectivity index (χ1n) is 9.53. The van der Waals surface area contributed by atoms with Crippen molar-refractivity contribution >= 4 is 11.6 Å². The number of carbonyl (C=O) groups excluding carboxylic acids is 1. The summed E-state index contributed by atoms with van der Waals surface area (Å²) in [6.45, 7) is 6.67. The molecule has 1 aliphatic heterocycles. The Hall–Kier alpha value is -2.40. The van der Waals surface area contributed by atoms with E-state index in [1.54, 1.807) is 12.1 Å². The molecule has 0 atom stereocenters. The Morgan fingerprint density at radius 2 is 1.89 bits per heavy atom. The van der Waals surface area contributed by atoms with Crippen LogP contribution in [0.3, 0.4) is 0 Å². The smallest absolute Gasteiger partial charge is 0.227 e.